The average molecular weight is 280 g/mol. The first-order valence-corrected chi connectivity index (χ1v) is 6.03. The molecule has 1 aromatic carbocycles. The molecule has 0 spiro atoms. The van der Waals surface area contributed by atoms with E-state index in [4.69, 9.17) is 5.73 Å². The highest BCUT2D eigenvalue weighted by molar-refractivity contribution is 9.10. The van der Waals surface area contributed by atoms with Crippen molar-refractivity contribution in [3.8, 4) is 0 Å². The topological polar surface area (TPSA) is 50.7 Å². The van der Waals surface area contributed by atoms with Crippen molar-refractivity contribution in [3.63, 3.8) is 0 Å². The lowest BCUT2D eigenvalue weighted by molar-refractivity contribution is 0.779. The van der Waals surface area contributed by atoms with E-state index in [1.807, 2.05) is 0 Å². The second-order valence-electron chi connectivity index (χ2n) is 4.16. The van der Waals surface area contributed by atoms with E-state index in [0.29, 0.717) is 5.84 Å². The Bertz CT molecular complexity index is 477. The van der Waals surface area contributed by atoms with Gasteiger partial charge < -0.3 is 5.73 Å². The van der Waals surface area contributed by atoms with Crippen LogP contribution in [0, 0.1) is 12.8 Å². The molecule has 1 unspecified atom stereocenters. The van der Waals surface area contributed by atoms with Gasteiger partial charge in [-0.1, -0.05) is 35.0 Å². The van der Waals surface area contributed by atoms with Gasteiger partial charge in [-0.3, -0.25) is 0 Å². The lowest BCUT2D eigenvalue weighted by Gasteiger charge is -2.17. The van der Waals surface area contributed by atoms with E-state index in [-0.39, 0.29) is 5.92 Å². The minimum Gasteiger partial charge on any atom is -0.385 e. The van der Waals surface area contributed by atoms with Crippen LogP contribution in [0.15, 0.2) is 32.9 Å². The molecule has 1 atom stereocenters. The van der Waals surface area contributed by atoms with Crippen LogP contribution in [0.25, 0.3) is 0 Å². The minimum absolute atomic E-state index is 0.265. The van der Waals surface area contributed by atoms with Crippen LogP contribution in [0.1, 0.15) is 24.5 Å². The maximum Gasteiger partial charge on any atom is 0.125 e. The first-order valence-electron chi connectivity index (χ1n) is 5.24. The van der Waals surface area contributed by atoms with Gasteiger partial charge >= 0.3 is 0 Å². The fourth-order valence-electron chi connectivity index (χ4n) is 1.67. The van der Waals surface area contributed by atoms with Crippen LogP contribution in [-0.2, 0) is 0 Å². The molecule has 3 nitrogen and oxygen atoms in total. The quantitative estimate of drug-likeness (QED) is 0.845. The highest BCUT2D eigenvalue weighted by Gasteiger charge is 2.18. The summed E-state index contributed by atoms with van der Waals surface area (Å²) in [6.45, 7) is 4.13. The zero-order valence-corrected chi connectivity index (χ0v) is 11.0. The molecule has 2 N–H and O–H groups in total. The number of nitrogens with zero attached hydrogens (tertiary/aromatic N) is 2. The third-order valence-electron chi connectivity index (χ3n) is 2.73. The van der Waals surface area contributed by atoms with Gasteiger partial charge in [-0.05, 0) is 18.6 Å². The van der Waals surface area contributed by atoms with Gasteiger partial charge in [0.05, 0.1) is 5.71 Å². The highest BCUT2D eigenvalue weighted by Crippen LogP contribution is 2.23. The van der Waals surface area contributed by atoms with Crippen LogP contribution in [0.4, 0.5) is 0 Å². The molecule has 0 saturated carbocycles. The Kier molecular flexibility index (Phi) is 3.10. The summed E-state index contributed by atoms with van der Waals surface area (Å²) in [6.07, 6.45) is 0.844. The lowest BCUT2D eigenvalue weighted by atomic mass is 9.97. The molecule has 0 aliphatic carbocycles. The summed E-state index contributed by atoms with van der Waals surface area (Å²) in [6, 6.07) is 6.24. The van der Waals surface area contributed by atoms with Crippen LogP contribution < -0.4 is 5.73 Å². The van der Waals surface area contributed by atoms with Crippen molar-refractivity contribution in [1.29, 1.82) is 0 Å². The normalized spacial score (nSPS) is 20.3. The van der Waals surface area contributed by atoms with Crippen LogP contribution in [0.2, 0.25) is 0 Å². The number of rotatable bonds is 1. The van der Waals surface area contributed by atoms with Crippen molar-refractivity contribution in [1.82, 2.24) is 0 Å². The van der Waals surface area contributed by atoms with Crippen LogP contribution in [-0.4, -0.2) is 11.5 Å². The van der Waals surface area contributed by atoms with Gasteiger partial charge in [0.2, 0.25) is 0 Å². The number of benzene rings is 1. The summed E-state index contributed by atoms with van der Waals surface area (Å²) in [5, 5.41) is 8.17. The van der Waals surface area contributed by atoms with Gasteiger partial charge in [-0.25, -0.2) is 0 Å². The maximum atomic E-state index is 5.71. The molecule has 0 aromatic heterocycles. The Balaban J connectivity index is 2.39. The molecule has 0 amide bonds. The molecule has 2 rings (SSSR count). The zero-order chi connectivity index (χ0) is 11.7. The summed E-state index contributed by atoms with van der Waals surface area (Å²) in [7, 11) is 0. The van der Waals surface area contributed by atoms with Crippen LogP contribution >= 0.6 is 15.9 Å². The van der Waals surface area contributed by atoms with Gasteiger partial charge in [0.15, 0.2) is 0 Å². The molecule has 0 fully saturated rings. The lowest BCUT2D eigenvalue weighted by Crippen LogP contribution is -2.26. The summed E-state index contributed by atoms with van der Waals surface area (Å²) in [5.74, 6) is 0.882. The van der Waals surface area contributed by atoms with E-state index >= 15 is 0 Å². The molecule has 16 heavy (non-hydrogen) atoms. The molecular weight excluding hydrogens is 266 g/mol. The van der Waals surface area contributed by atoms with Gasteiger partial charge in [-0.15, -0.1) is 5.10 Å². The number of halogens is 1. The largest absolute Gasteiger partial charge is 0.385 e. The van der Waals surface area contributed by atoms with Crippen molar-refractivity contribution < 1.29 is 0 Å². The van der Waals surface area contributed by atoms with E-state index < -0.39 is 0 Å². The predicted molar refractivity (Wildman–Crippen MR) is 70.8 cm³/mol. The minimum atomic E-state index is 0.265. The first kappa shape index (κ1) is 11.3. The maximum absolute atomic E-state index is 5.71. The average Bonchev–Trinajstić information content (AvgIpc) is 2.22. The van der Waals surface area contributed by atoms with E-state index in [1.54, 1.807) is 0 Å². The molecule has 1 aromatic rings. The molecule has 84 valence electrons. The number of nitrogens with two attached hydrogens (primary N) is 1. The third-order valence-corrected chi connectivity index (χ3v) is 3.38. The zero-order valence-electron chi connectivity index (χ0n) is 9.37. The molecule has 0 saturated heterocycles. The highest BCUT2D eigenvalue weighted by atomic mass is 79.9. The summed E-state index contributed by atoms with van der Waals surface area (Å²) in [5.41, 5.74) is 9.04. The van der Waals surface area contributed by atoms with Crippen molar-refractivity contribution in [3.05, 3.63) is 33.8 Å². The Labute approximate surface area is 104 Å². The van der Waals surface area contributed by atoms with E-state index in [2.05, 4.69) is 58.2 Å². The smallest absolute Gasteiger partial charge is 0.125 e. The van der Waals surface area contributed by atoms with E-state index in [0.717, 1.165) is 22.2 Å². The Morgan fingerprint density at radius 1 is 1.38 bits per heavy atom. The van der Waals surface area contributed by atoms with Crippen molar-refractivity contribution >= 4 is 27.5 Å². The number of hydrogen-bond acceptors (Lipinski definition) is 3. The summed E-state index contributed by atoms with van der Waals surface area (Å²) in [4.78, 5) is 0. The Morgan fingerprint density at radius 3 is 2.75 bits per heavy atom. The molecule has 0 bridgehead atoms. The Morgan fingerprint density at radius 2 is 2.12 bits per heavy atom. The molecule has 0 radical (unpaired) electrons. The molecule has 1 aliphatic heterocycles. The Hall–Kier alpha value is -1.16. The SMILES string of the molecule is Cc1ccc(C2=NN=C(N)C(C)C2)c(Br)c1. The van der Waals surface area contributed by atoms with Crippen molar-refractivity contribution in [2.24, 2.45) is 21.9 Å². The van der Waals surface area contributed by atoms with Crippen molar-refractivity contribution in [2.75, 3.05) is 0 Å². The van der Waals surface area contributed by atoms with Gasteiger partial charge in [0.25, 0.3) is 0 Å². The molecule has 1 aliphatic rings. The standard InChI is InChI=1S/C12H14BrN3/c1-7-3-4-9(10(13)5-7)11-6-8(2)12(14)16-15-11/h3-5,8H,6H2,1-2H3,(H2,14,16). The summed E-state index contributed by atoms with van der Waals surface area (Å²) >= 11 is 3.56. The predicted octanol–water partition coefficient (Wildman–Crippen LogP) is 2.86. The van der Waals surface area contributed by atoms with Crippen molar-refractivity contribution in [2.45, 2.75) is 20.3 Å². The third kappa shape index (κ3) is 2.16. The van der Waals surface area contributed by atoms with Gasteiger partial charge in [-0.2, -0.15) is 5.10 Å². The number of aryl methyl sites for hydroxylation is 1. The van der Waals surface area contributed by atoms with Crippen LogP contribution in [0.5, 0.6) is 0 Å². The fraction of sp³-hybridized carbons (Fsp3) is 0.333. The van der Waals surface area contributed by atoms with E-state index in [1.165, 1.54) is 5.56 Å². The number of hydrogen-bond donors (Lipinski definition) is 1. The summed E-state index contributed by atoms with van der Waals surface area (Å²) < 4.78 is 1.06. The van der Waals surface area contributed by atoms with Gasteiger partial charge in [0.1, 0.15) is 5.84 Å². The second-order valence-corrected chi connectivity index (χ2v) is 5.01. The van der Waals surface area contributed by atoms with E-state index in [9.17, 15) is 0 Å². The molecular formula is C12H14BrN3. The van der Waals surface area contributed by atoms with Crippen LogP contribution in [0.3, 0.4) is 0 Å². The second kappa shape index (κ2) is 4.37. The fourth-order valence-corrected chi connectivity index (χ4v) is 2.39. The molecule has 4 heteroatoms. The first-order chi connectivity index (χ1) is 7.58. The monoisotopic (exact) mass is 279 g/mol. The number of amidine groups is 1. The molecule has 1 heterocycles. The van der Waals surface area contributed by atoms with Gasteiger partial charge in [0, 0.05) is 22.4 Å².